The highest BCUT2D eigenvalue weighted by molar-refractivity contribution is 7.92. The van der Waals surface area contributed by atoms with E-state index in [9.17, 15) is 13.2 Å². The van der Waals surface area contributed by atoms with Crippen LogP contribution in [0.4, 0.5) is 5.69 Å². The fourth-order valence-corrected chi connectivity index (χ4v) is 5.91. The molecule has 0 fully saturated rings. The van der Waals surface area contributed by atoms with Crippen LogP contribution in [0.25, 0.3) is 10.1 Å². The van der Waals surface area contributed by atoms with E-state index in [0.717, 1.165) is 27.6 Å². The molecule has 0 aliphatic rings. The molecule has 5 nitrogen and oxygen atoms in total. The van der Waals surface area contributed by atoms with Crippen molar-refractivity contribution in [3.63, 3.8) is 0 Å². The number of thiophene rings is 1. The van der Waals surface area contributed by atoms with Crippen molar-refractivity contribution in [2.75, 3.05) is 10.8 Å². The van der Waals surface area contributed by atoms with Gasteiger partial charge in [0.05, 0.1) is 10.6 Å². The smallest absolute Gasteiger partial charge is 0.264 e. The van der Waals surface area contributed by atoms with Crippen LogP contribution in [0, 0.1) is 20.8 Å². The molecule has 7 heteroatoms. The van der Waals surface area contributed by atoms with Gasteiger partial charge in [-0.25, -0.2) is 8.42 Å². The van der Waals surface area contributed by atoms with Crippen LogP contribution in [-0.2, 0) is 21.4 Å². The molecule has 0 aliphatic carbocycles. The summed E-state index contributed by atoms with van der Waals surface area (Å²) < 4.78 is 29.6. The van der Waals surface area contributed by atoms with Crippen molar-refractivity contribution in [2.45, 2.75) is 32.2 Å². The number of nitrogens with zero attached hydrogens (tertiary/aromatic N) is 1. The third kappa shape index (κ3) is 4.94. The van der Waals surface area contributed by atoms with Crippen molar-refractivity contribution in [3.05, 3.63) is 94.4 Å². The zero-order valence-corrected chi connectivity index (χ0v) is 20.5. The maximum absolute atomic E-state index is 13.6. The second-order valence-corrected chi connectivity index (χ2v) is 10.9. The molecule has 0 atom stereocenters. The van der Waals surface area contributed by atoms with Crippen LogP contribution in [0.3, 0.4) is 0 Å². The average molecular weight is 479 g/mol. The van der Waals surface area contributed by atoms with Gasteiger partial charge >= 0.3 is 0 Å². The lowest BCUT2D eigenvalue weighted by atomic mass is 10.1. The standard InChI is InChI=1S/C26H26N2O3S2/c1-18-7-10-23(11-8-18)33(30,31)28(24-6-4-5-19(2)20(24)3)17-26(29)27-16-21-9-12-25-22(15-21)13-14-32-25/h4-15H,16-17H2,1-3H3,(H,27,29). The summed E-state index contributed by atoms with van der Waals surface area (Å²) in [6.45, 7) is 5.73. The monoisotopic (exact) mass is 478 g/mol. The van der Waals surface area contributed by atoms with Gasteiger partial charge in [0.15, 0.2) is 0 Å². The van der Waals surface area contributed by atoms with Crippen molar-refractivity contribution >= 4 is 43.0 Å². The number of carbonyl (C=O) groups is 1. The summed E-state index contributed by atoms with van der Waals surface area (Å²) in [5, 5.41) is 6.04. The lowest BCUT2D eigenvalue weighted by Crippen LogP contribution is -2.41. The number of aryl methyl sites for hydroxylation is 2. The first-order valence-electron chi connectivity index (χ1n) is 10.6. The minimum absolute atomic E-state index is 0.157. The van der Waals surface area contributed by atoms with Crippen molar-refractivity contribution in [1.29, 1.82) is 0 Å². The highest BCUT2D eigenvalue weighted by Crippen LogP contribution is 2.28. The number of anilines is 1. The Labute approximate surface area is 198 Å². The molecule has 0 radical (unpaired) electrons. The van der Waals surface area contributed by atoms with E-state index in [-0.39, 0.29) is 17.3 Å². The summed E-state index contributed by atoms with van der Waals surface area (Å²) in [7, 11) is -3.94. The molecule has 4 rings (SSSR count). The lowest BCUT2D eigenvalue weighted by Gasteiger charge is -2.26. The molecular weight excluding hydrogens is 452 g/mol. The van der Waals surface area contributed by atoms with Crippen LogP contribution in [0.1, 0.15) is 22.3 Å². The van der Waals surface area contributed by atoms with Gasteiger partial charge in [-0.05, 0) is 84.6 Å². The quantitative estimate of drug-likeness (QED) is 0.390. The van der Waals surface area contributed by atoms with Crippen LogP contribution < -0.4 is 9.62 Å². The second kappa shape index (κ2) is 9.37. The minimum atomic E-state index is -3.94. The van der Waals surface area contributed by atoms with Crippen molar-refractivity contribution in [2.24, 2.45) is 0 Å². The number of nitrogens with one attached hydrogen (secondary N) is 1. The molecule has 0 bridgehead atoms. The maximum Gasteiger partial charge on any atom is 0.264 e. The predicted molar refractivity (Wildman–Crippen MR) is 135 cm³/mol. The van der Waals surface area contributed by atoms with E-state index < -0.39 is 10.0 Å². The topological polar surface area (TPSA) is 66.5 Å². The molecule has 0 saturated carbocycles. The van der Waals surface area contributed by atoms with Gasteiger partial charge in [-0.2, -0.15) is 0 Å². The molecule has 170 valence electrons. The Morgan fingerprint density at radius 3 is 2.48 bits per heavy atom. The van der Waals surface area contributed by atoms with E-state index in [1.807, 2.05) is 62.5 Å². The van der Waals surface area contributed by atoms with Gasteiger partial charge in [0.2, 0.25) is 5.91 Å². The third-order valence-electron chi connectivity index (χ3n) is 5.75. The van der Waals surface area contributed by atoms with E-state index in [1.54, 1.807) is 41.7 Å². The molecule has 0 aliphatic heterocycles. The van der Waals surface area contributed by atoms with Crippen LogP contribution in [0.15, 0.2) is 77.0 Å². The molecular formula is C26H26N2O3S2. The van der Waals surface area contributed by atoms with E-state index in [0.29, 0.717) is 12.2 Å². The largest absolute Gasteiger partial charge is 0.350 e. The lowest BCUT2D eigenvalue weighted by molar-refractivity contribution is -0.119. The minimum Gasteiger partial charge on any atom is -0.350 e. The van der Waals surface area contributed by atoms with Crippen molar-refractivity contribution < 1.29 is 13.2 Å². The SMILES string of the molecule is Cc1ccc(S(=O)(=O)N(CC(=O)NCc2ccc3sccc3c2)c2cccc(C)c2C)cc1. The molecule has 0 spiro atoms. The number of fused-ring (bicyclic) bond motifs is 1. The highest BCUT2D eigenvalue weighted by Gasteiger charge is 2.28. The molecule has 4 aromatic rings. The number of sulfonamides is 1. The van der Waals surface area contributed by atoms with Crippen molar-refractivity contribution in [1.82, 2.24) is 5.32 Å². The predicted octanol–water partition coefficient (Wildman–Crippen LogP) is 5.34. The Morgan fingerprint density at radius 2 is 1.73 bits per heavy atom. The van der Waals surface area contributed by atoms with Gasteiger partial charge in [0.25, 0.3) is 10.0 Å². The Kier molecular flexibility index (Phi) is 6.54. The number of hydrogen-bond donors (Lipinski definition) is 1. The van der Waals surface area contributed by atoms with Gasteiger partial charge in [-0.1, -0.05) is 35.9 Å². The summed E-state index contributed by atoms with van der Waals surface area (Å²) >= 11 is 1.67. The molecule has 3 aromatic carbocycles. The summed E-state index contributed by atoms with van der Waals surface area (Å²) in [4.78, 5) is 13.1. The summed E-state index contributed by atoms with van der Waals surface area (Å²) in [5.74, 6) is -0.364. The van der Waals surface area contributed by atoms with E-state index in [1.165, 1.54) is 9.01 Å². The average Bonchev–Trinajstić information content (AvgIpc) is 3.26. The normalized spacial score (nSPS) is 11.5. The van der Waals surface area contributed by atoms with Gasteiger partial charge < -0.3 is 5.32 Å². The highest BCUT2D eigenvalue weighted by atomic mass is 32.2. The Morgan fingerprint density at radius 1 is 0.970 bits per heavy atom. The molecule has 0 saturated heterocycles. The van der Waals surface area contributed by atoms with Crippen LogP contribution in [0.5, 0.6) is 0 Å². The van der Waals surface area contributed by atoms with Gasteiger partial charge in [-0.3, -0.25) is 9.10 Å². The van der Waals surface area contributed by atoms with Crippen LogP contribution in [-0.4, -0.2) is 20.9 Å². The van der Waals surface area contributed by atoms with Gasteiger partial charge in [0.1, 0.15) is 6.54 Å². The Balaban J connectivity index is 1.60. The van der Waals surface area contributed by atoms with E-state index in [4.69, 9.17) is 0 Å². The summed E-state index contributed by atoms with van der Waals surface area (Å²) in [6, 6.07) is 20.2. The van der Waals surface area contributed by atoms with E-state index >= 15 is 0 Å². The molecule has 1 aromatic heterocycles. The van der Waals surface area contributed by atoms with Crippen LogP contribution >= 0.6 is 11.3 Å². The fraction of sp³-hybridized carbons (Fsp3) is 0.192. The number of rotatable bonds is 7. The zero-order valence-electron chi connectivity index (χ0n) is 18.8. The summed E-state index contributed by atoms with van der Waals surface area (Å²) in [5.41, 5.74) is 4.22. The maximum atomic E-state index is 13.6. The third-order valence-corrected chi connectivity index (χ3v) is 8.42. The molecule has 1 N–H and O–H groups in total. The summed E-state index contributed by atoms with van der Waals surface area (Å²) in [6.07, 6.45) is 0. The number of hydrogen-bond acceptors (Lipinski definition) is 4. The first-order chi connectivity index (χ1) is 15.8. The van der Waals surface area contributed by atoms with Gasteiger partial charge in [-0.15, -0.1) is 11.3 Å². The first-order valence-corrected chi connectivity index (χ1v) is 13.0. The second-order valence-electron chi connectivity index (χ2n) is 8.11. The van der Waals surface area contributed by atoms with Crippen LogP contribution in [0.2, 0.25) is 0 Å². The van der Waals surface area contributed by atoms with E-state index in [2.05, 4.69) is 5.32 Å². The number of amides is 1. The molecule has 1 amide bonds. The van der Waals surface area contributed by atoms with Crippen molar-refractivity contribution in [3.8, 4) is 0 Å². The first kappa shape index (κ1) is 23.0. The Hall–Kier alpha value is -3.16. The Bertz CT molecular complexity index is 1410. The number of carbonyl (C=O) groups excluding carboxylic acids is 1. The number of benzene rings is 3. The molecule has 1 heterocycles. The molecule has 0 unspecified atom stereocenters. The fourth-order valence-electron chi connectivity index (χ4n) is 3.66. The van der Waals surface area contributed by atoms with Gasteiger partial charge in [0, 0.05) is 11.2 Å². The molecule has 33 heavy (non-hydrogen) atoms. The zero-order chi connectivity index (χ0) is 23.6.